The van der Waals surface area contributed by atoms with E-state index in [1.165, 1.54) is 19.3 Å². The van der Waals surface area contributed by atoms with Crippen molar-refractivity contribution in [1.29, 1.82) is 0 Å². The Morgan fingerprint density at radius 2 is 2.17 bits per heavy atom. The van der Waals surface area contributed by atoms with Crippen molar-refractivity contribution in [1.82, 2.24) is 19.7 Å². The van der Waals surface area contributed by atoms with Gasteiger partial charge in [-0.1, -0.05) is 6.07 Å². The molecule has 0 spiro atoms. The van der Waals surface area contributed by atoms with E-state index in [0.29, 0.717) is 19.2 Å². The lowest BCUT2D eigenvalue weighted by Crippen LogP contribution is -2.34. The smallest absolute Gasteiger partial charge is 0.273 e. The zero-order chi connectivity index (χ0) is 21.1. The molecule has 1 amide bonds. The second-order valence-corrected chi connectivity index (χ2v) is 7.46. The molecule has 2 aromatic heterocycles. The standard InChI is InChI=1S/C20H26N8O2/c1-30-11-12(21)10-23-20-25-19(17(18(22)29)26-27-20)24-15-6-3-7-16-14(15)8-9-28(16)13-4-2-5-13/h3,6-9,12-13H,2,4-5,10-11,21H2,1H3,(H2,22,29)(H2,23,24,25,27)/t12-/m1/s1. The molecule has 10 heteroatoms. The van der Waals surface area contributed by atoms with Gasteiger partial charge < -0.3 is 31.4 Å². The summed E-state index contributed by atoms with van der Waals surface area (Å²) in [5.41, 5.74) is 13.3. The highest BCUT2D eigenvalue weighted by Gasteiger charge is 2.21. The zero-order valence-corrected chi connectivity index (χ0v) is 16.8. The van der Waals surface area contributed by atoms with Crippen molar-refractivity contribution in [2.75, 3.05) is 30.9 Å². The van der Waals surface area contributed by atoms with Crippen molar-refractivity contribution in [3.63, 3.8) is 0 Å². The molecule has 2 heterocycles. The summed E-state index contributed by atoms with van der Waals surface area (Å²) < 4.78 is 7.33. The predicted octanol–water partition coefficient (Wildman–Crippen LogP) is 1.78. The summed E-state index contributed by atoms with van der Waals surface area (Å²) in [5, 5.41) is 15.1. The summed E-state index contributed by atoms with van der Waals surface area (Å²) in [6, 6.07) is 8.38. The zero-order valence-electron chi connectivity index (χ0n) is 16.8. The number of carbonyl (C=O) groups excluding carboxylic acids is 1. The number of aromatic nitrogens is 4. The Bertz CT molecular complexity index is 1050. The van der Waals surface area contributed by atoms with Crippen LogP contribution in [0.25, 0.3) is 10.9 Å². The first kappa shape index (κ1) is 20.0. The minimum atomic E-state index is -0.709. The van der Waals surface area contributed by atoms with E-state index < -0.39 is 5.91 Å². The molecule has 0 bridgehead atoms. The molecule has 1 aliphatic carbocycles. The number of fused-ring (bicyclic) bond motifs is 1. The SMILES string of the molecule is COC[C@H](N)CNc1nnc(C(N)=O)c(Nc2cccc3c2ccn3C2CCC2)n1. The van der Waals surface area contributed by atoms with Gasteiger partial charge >= 0.3 is 0 Å². The maximum absolute atomic E-state index is 11.9. The number of primary amides is 1. The third-order valence-corrected chi connectivity index (χ3v) is 5.31. The lowest BCUT2D eigenvalue weighted by molar-refractivity contribution is 0.0995. The Hall–Kier alpha value is -3.24. The maximum atomic E-state index is 11.9. The lowest BCUT2D eigenvalue weighted by Gasteiger charge is -2.28. The van der Waals surface area contributed by atoms with E-state index in [9.17, 15) is 4.79 Å². The molecule has 30 heavy (non-hydrogen) atoms. The molecule has 1 saturated carbocycles. The summed E-state index contributed by atoms with van der Waals surface area (Å²) >= 11 is 0. The number of rotatable bonds is 9. The summed E-state index contributed by atoms with van der Waals surface area (Å²) in [5.74, 6) is -0.225. The van der Waals surface area contributed by atoms with E-state index in [4.69, 9.17) is 16.2 Å². The number of carbonyl (C=O) groups is 1. The molecule has 0 saturated heterocycles. The van der Waals surface area contributed by atoms with Crippen LogP contribution in [0.15, 0.2) is 30.5 Å². The van der Waals surface area contributed by atoms with E-state index >= 15 is 0 Å². The Kier molecular flexibility index (Phi) is 5.77. The Morgan fingerprint density at radius 3 is 2.87 bits per heavy atom. The maximum Gasteiger partial charge on any atom is 0.273 e. The summed E-state index contributed by atoms with van der Waals surface area (Å²) in [6.45, 7) is 0.787. The molecular weight excluding hydrogens is 384 g/mol. The largest absolute Gasteiger partial charge is 0.383 e. The van der Waals surface area contributed by atoms with Gasteiger partial charge in [-0.3, -0.25) is 4.79 Å². The van der Waals surface area contributed by atoms with Gasteiger partial charge in [0.2, 0.25) is 5.95 Å². The second kappa shape index (κ2) is 8.64. The molecular formula is C20H26N8O2. The number of anilines is 3. The molecule has 3 aromatic rings. The van der Waals surface area contributed by atoms with Crippen molar-refractivity contribution < 1.29 is 9.53 Å². The topological polar surface area (TPSA) is 146 Å². The molecule has 1 aliphatic rings. The Balaban J connectivity index is 1.62. The van der Waals surface area contributed by atoms with Gasteiger partial charge in [-0.15, -0.1) is 10.2 Å². The van der Waals surface area contributed by atoms with E-state index in [1.807, 2.05) is 12.1 Å². The predicted molar refractivity (Wildman–Crippen MR) is 115 cm³/mol. The fourth-order valence-corrected chi connectivity index (χ4v) is 3.56. The number of methoxy groups -OCH3 is 1. The van der Waals surface area contributed by atoms with Crippen LogP contribution < -0.4 is 22.1 Å². The highest BCUT2D eigenvalue weighted by Crippen LogP contribution is 2.36. The van der Waals surface area contributed by atoms with Crippen LogP contribution in [0.4, 0.5) is 17.5 Å². The number of hydrogen-bond acceptors (Lipinski definition) is 8. The second-order valence-electron chi connectivity index (χ2n) is 7.46. The average molecular weight is 410 g/mol. The molecule has 4 rings (SSSR count). The third kappa shape index (κ3) is 4.05. The van der Waals surface area contributed by atoms with Gasteiger partial charge in [0.25, 0.3) is 5.91 Å². The van der Waals surface area contributed by atoms with E-state index in [0.717, 1.165) is 16.6 Å². The van der Waals surface area contributed by atoms with Crippen molar-refractivity contribution in [3.8, 4) is 0 Å². The fraction of sp³-hybridized carbons (Fsp3) is 0.400. The number of nitrogens with one attached hydrogen (secondary N) is 2. The van der Waals surface area contributed by atoms with Gasteiger partial charge in [0, 0.05) is 43.0 Å². The van der Waals surface area contributed by atoms with Crippen molar-refractivity contribution in [2.45, 2.75) is 31.3 Å². The summed E-state index contributed by atoms with van der Waals surface area (Å²) in [7, 11) is 1.58. The fourth-order valence-electron chi connectivity index (χ4n) is 3.56. The lowest BCUT2D eigenvalue weighted by atomic mass is 9.93. The molecule has 0 radical (unpaired) electrons. The average Bonchev–Trinajstić information content (AvgIpc) is 3.10. The molecule has 0 unspecified atom stereocenters. The van der Waals surface area contributed by atoms with Gasteiger partial charge in [0.15, 0.2) is 11.5 Å². The van der Waals surface area contributed by atoms with Crippen molar-refractivity contribution >= 4 is 34.3 Å². The van der Waals surface area contributed by atoms with Crippen LogP contribution in [0.1, 0.15) is 35.8 Å². The molecule has 0 aliphatic heterocycles. The van der Waals surface area contributed by atoms with Gasteiger partial charge in [-0.2, -0.15) is 4.98 Å². The monoisotopic (exact) mass is 410 g/mol. The quantitative estimate of drug-likeness (QED) is 0.417. The molecule has 6 N–H and O–H groups in total. The van der Waals surface area contributed by atoms with Crippen LogP contribution >= 0.6 is 0 Å². The minimum Gasteiger partial charge on any atom is -0.383 e. The van der Waals surface area contributed by atoms with E-state index in [-0.39, 0.29) is 23.5 Å². The Labute approximate surface area is 174 Å². The minimum absolute atomic E-state index is 0.0304. The van der Waals surface area contributed by atoms with Gasteiger partial charge in [0.05, 0.1) is 12.1 Å². The van der Waals surface area contributed by atoms with Crippen LogP contribution in [0, 0.1) is 0 Å². The normalized spacial score (nSPS) is 15.0. The molecule has 10 nitrogen and oxygen atoms in total. The van der Waals surface area contributed by atoms with Crippen LogP contribution in [0.2, 0.25) is 0 Å². The summed E-state index contributed by atoms with van der Waals surface area (Å²) in [6.07, 6.45) is 5.77. The molecule has 1 atom stereocenters. The first-order chi connectivity index (χ1) is 14.6. The number of hydrogen-bond donors (Lipinski definition) is 4. The third-order valence-electron chi connectivity index (χ3n) is 5.31. The number of ether oxygens (including phenoxy) is 1. The Morgan fingerprint density at radius 1 is 1.33 bits per heavy atom. The first-order valence-electron chi connectivity index (χ1n) is 9.96. The number of benzene rings is 1. The summed E-state index contributed by atoms with van der Waals surface area (Å²) in [4.78, 5) is 16.3. The highest BCUT2D eigenvalue weighted by molar-refractivity contribution is 5.99. The van der Waals surface area contributed by atoms with Crippen LogP contribution in [-0.4, -0.2) is 52.0 Å². The van der Waals surface area contributed by atoms with E-state index in [1.54, 1.807) is 7.11 Å². The van der Waals surface area contributed by atoms with E-state index in [2.05, 4.69) is 48.7 Å². The van der Waals surface area contributed by atoms with Crippen molar-refractivity contribution in [3.05, 3.63) is 36.2 Å². The molecule has 1 fully saturated rings. The van der Waals surface area contributed by atoms with Gasteiger partial charge in [-0.25, -0.2) is 0 Å². The van der Waals surface area contributed by atoms with Crippen LogP contribution in [-0.2, 0) is 4.74 Å². The van der Waals surface area contributed by atoms with Crippen LogP contribution in [0.5, 0.6) is 0 Å². The van der Waals surface area contributed by atoms with Crippen LogP contribution in [0.3, 0.4) is 0 Å². The number of amides is 1. The number of nitrogens with zero attached hydrogens (tertiary/aromatic N) is 4. The molecule has 158 valence electrons. The highest BCUT2D eigenvalue weighted by atomic mass is 16.5. The first-order valence-corrected chi connectivity index (χ1v) is 9.96. The molecule has 1 aromatic carbocycles. The van der Waals surface area contributed by atoms with Gasteiger partial charge in [-0.05, 0) is 37.5 Å². The van der Waals surface area contributed by atoms with Crippen molar-refractivity contribution in [2.24, 2.45) is 11.5 Å². The van der Waals surface area contributed by atoms with Gasteiger partial charge in [0.1, 0.15) is 0 Å². The number of nitrogens with two attached hydrogens (primary N) is 2.